The fraction of sp³-hybridized carbons (Fsp3) is 0.200. The number of pyridine rings is 1. The van der Waals surface area contributed by atoms with Crippen molar-refractivity contribution in [1.29, 1.82) is 5.41 Å². The fourth-order valence-electron chi connectivity index (χ4n) is 1.74. The molecule has 0 radical (unpaired) electrons. The zero-order valence-corrected chi connectivity index (χ0v) is 11.9. The maximum Gasteiger partial charge on any atom is 0.141 e. The maximum absolute atomic E-state index is 7.40. The number of amidine groups is 1. The molecule has 0 fully saturated rings. The van der Waals surface area contributed by atoms with Crippen molar-refractivity contribution in [3.8, 4) is 0 Å². The molecule has 2 rings (SSSR count). The van der Waals surface area contributed by atoms with Crippen LogP contribution in [-0.2, 0) is 5.75 Å². The van der Waals surface area contributed by atoms with Gasteiger partial charge in [0.05, 0.1) is 0 Å². The highest BCUT2D eigenvalue weighted by molar-refractivity contribution is 7.98. The second-order valence-electron chi connectivity index (χ2n) is 4.52. The Morgan fingerprint density at radius 3 is 2.79 bits per heavy atom. The number of nitrogen functional groups attached to an aromatic ring is 1. The average Bonchev–Trinajstić information content (AvgIpc) is 2.40. The van der Waals surface area contributed by atoms with Gasteiger partial charge < -0.3 is 5.73 Å². The number of thioether (sulfide) groups is 1. The van der Waals surface area contributed by atoms with Gasteiger partial charge in [0.15, 0.2) is 0 Å². The molecule has 3 nitrogen and oxygen atoms in total. The number of rotatable bonds is 4. The lowest BCUT2D eigenvalue weighted by Gasteiger charge is -2.07. The molecule has 3 N–H and O–H groups in total. The van der Waals surface area contributed by atoms with Gasteiger partial charge in [-0.3, -0.25) is 10.4 Å². The summed E-state index contributed by atoms with van der Waals surface area (Å²) in [7, 11) is 0. The standard InChI is InChI=1S/C15H17N3S/c1-10-3-4-11(2)14(7-10)19-9-12-5-6-18-13(8-12)15(16)17/h3-8H,9H2,1-2H3,(H3,16,17). The Morgan fingerprint density at radius 1 is 1.26 bits per heavy atom. The van der Waals surface area contributed by atoms with Gasteiger partial charge in [0.1, 0.15) is 11.5 Å². The minimum atomic E-state index is 0.0126. The molecule has 1 heterocycles. The van der Waals surface area contributed by atoms with Crippen molar-refractivity contribution in [2.24, 2.45) is 5.73 Å². The van der Waals surface area contributed by atoms with Gasteiger partial charge in [0.2, 0.25) is 0 Å². The van der Waals surface area contributed by atoms with Gasteiger partial charge in [0, 0.05) is 16.8 Å². The second kappa shape index (κ2) is 5.89. The first-order valence-corrected chi connectivity index (χ1v) is 7.04. The van der Waals surface area contributed by atoms with Gasteiger partial charge in [-0.1, -0.05) is 17.7 Å². The van der Waals surface area contributed by atoms with E-state index in [9.17, 15) is 0 Å². The third-order valence-corrected chi connectivity index (χ3v) is 4.07. The van der Waals surface area contributed by atoms with Crippen molar-refractivity contribution in [2.45, 2.75) is 24.5 Å². The number of aromatic nitrogens is 1. The molecule has 98 valence electrons. The molecule has 19 heavy (non-hydrogen) atoms. The van der Waals surface area contributed by atoms with Crippen molar-refractivity contribution in [3.63, 3.8) is 0 Å². The molecule has 1 aromatic carbocycles. The monoisotopic (exact) mass is 271 g/mol. The van der Waals surface area contributed by atoms with E-state index in [0.29, 0.717) is 5.69 Å². The van der Waals surface area contributed by atoms with Crippen LogP contribution < -0.4 is 5.73 Å². The number of nitrogens with two attached hydrogens (primary N) is 1. The molecular weight excluding hydrogens is 254 g/mol. The molecular formula is C15H17N3S. The summed E-state index contributed by atoms with van der Waals surface area (Å²) in [6.45, 7) is 4.22. The van der Waals surface area contributed by atoms with Crippen LogP contribution in [0.15, 0.2) is 41.4 Å². The van der Waals surface area contributed by atoms with Gasteiger partial charge in [0.25, 0.3) is 0 Å². The Morgan fingerprint density at radius 2 is 2.05 bits per heavy atom. The summed E-state index contributed by atoms with van der Waals surface area (Å²) >= 11 is 1.80. The first-order chi connectivity index (χ1) is 9.06. The maximum atomic E-state index is 7.40. The first-order valence-electron chi connectivity index (χ1n) is 6.05. The molecule has 0 saturated carbocycles. The summed E-state index contributed by atoms with van der Waals surface area (Å²) in [4.78, 5) is 5.36. The smallest absolute Gasteiger partial charge is 0.141 e. The molecule has 0 unspecified atom stereocenters. The summed E-state index contributed by atoms with van der Waals surface area (Å²) in [6, 6.07) is 10.3. The summed E-state index contributed by atoms with van der Waals surface area (Å²) in [5, 5.41) is 7.40. The number of hydrogen-bond donors (Lipinski definition) is 2. The zero-order valence-electron chi connectivity index (χ0n) is 11.1. The summed E-state index contributed by atoms with van der Waals surface area (Å²) in [5.41, 5.74) is 9.68. The van der Waals surface area contributed by atoms with Crippen LogP contribution in [0.3, 0.4) is 0 Å². The highest BCUT2D eigenvalue weighted by atomic mass is 32.2. The lowest BCUT2D eigenvalue weighted by molar-refractivity contribution is 1.21. The number of benzene rings is 1. The Labute approximate surface area is 117 Å². The zero-order chi connectivity index (χ0) is 13.8. The largest absolute Gasteiger partial charge is 0.382 e. The van der Waals surface area contributed by atoms with E-state index in [0.717, 1.165) is 11.3 Å². The lowest BCUT2D eigenvalue weighted by Crippen LogP contribution is -2.13. The van der Waals surface area contributed by atoms with E-state index < -0.39 is 0 Å². The van der Waals surface area contributed by atoms with E-state index in [1.807, 2.05) is 12.1 Å². The van der Waals surface area contributed by atoms with Crippen LogP contribution in [0, 0.1) is 19.3 Å². The number of hydrogen-bond acceptors (Lipinski definition) is 3. The average molecular weight is 271 g/mol. The molecule has 0 atom stereocenters. The van der Waals surface area contributed by atoms with Gasteiger partial charge >= 0.3 is 0 Å². The van der Waals surface area contributed by atoms with Crippen molar-refractivity contribution >= 4 is 17.6 Å². The molecule has 0 saturated heterocycles. The number of nitrogens with one attached hydrogen (secondary N) is 1. The minimum absolute atomic E-state index is 0.0126. The highest BCUT2D eigenvalue weighted by Crippen LogP contribution is 2.26. The van der Waals surface area contributed by atoms with Gasteiger partial charge in [-0.05, 0) is 43.2 Å². The molecule has 2 aromatic rings. The molecule has 0 amide bonds. The Kier molecular flexibility index (Phi) is 4.22. The third kappa shape index (κ3) is 3.58. The quantitative estimate of drug-likeness (QED) is 0.509. The Hall–Kier alpha value is -1.81. The lowest BCUT2D eigenvalue weighted by atomic mass is 10.2. The van der Waals surface area contributed by atoms with Crippen molar-refractivity contribution < 1.29 is 0 Å². The van der Waals surface area contributed by atoms with E-state index >= 15 is 0 Å². The fourth-order valence-corrected chi connectivity index (χ4v) is 2.80. The van der Waals surface area contributed by atoms with Gasteiger partial charge in [-0.2, -0.15) is 0 Å². The van der Waals surface area contributed by atoms with E-state index in [2.05, 4.69) is 37.0 Å². The highest BCUT2D eigenvalue weighted by Gasteiger charge is 2.03. The normalized spacial score (nSPS) is 10.4. The van der Waals surface area contributed by atoms with E-state index in [1.165, 1.54) is 16.0 Å². The predicted molar refractivity (Wildman–Crippen MR) is 80.7 cm³/mol. The van der Waals surface area contributed by atoms with Gasteiger partial charge in [-0.25, -0.2) is 0 Å². The molecule has 0 aliphatic heterocycles. The van der Waals surface area contributed by atoms with E-state index in [-0.39, 0.29) is 5.84 Å². The predicted octanol–water partition coefficient (Wildman–Crippen LogP) is 3.27. The minimum Gasteiger partial charge on any atom is -0.382 e. The van der Waals surface area contributed by atoms with Crippen molar-refractivity contribution in [2.75, 3.05) is 0 Å². The Bertz CT molecular complexity index is 608. The van der Waals surface area contributed by atoms with Crippen molar-refractivity contribution in [1.82, 2.24) is 4.98 Å². The van der Waals surface area contributed by atoms with Crippen molar-refractivity contribution in [3.05, 3.63) is 58.9 Å². The van der Waals surface area contributed by atoms with Crippen LogP contribution in [0.25, 0.3) is 0 Å². The Balaban J connectivity index is 2.12. The topological polar surface area (TPSA) is 62.8 Å². The third-order valence-electron chi connectivity index (χ3n) is 2.84. The number of aryl methyl sites for hydroxylation is 2. The summed E-state index contributed by atoms with van der Waals surface area (Å²) < 4.78 is 0. The summed E-state index contributed by atoms with van der Waals surface area (Å²) in [6.07, 6.45) is 1.70. The molecule has 0 spiro atoms. The molecule has 4 heteroatoms. The van der Waals surface area contributed by atoms with Crippen LogP contribution in [-0.4, -0.2) is 10.8 Å². The van der Waals surface area contributed by atoms with Crippen LogP contribution >= 0.6 is 11.8 Å². The molecule has 0 aliphatic rings. The first kappa shape index (κ1) is 13.6. The number of nitrogens with zero attached hydrogens (tertiary/aromatic N) is 1. The van der Waals surface area contributed by atoms with Crippen LogP contribution in [0.4, 0.5) is 0 Å². The SMILES string of the molecule is Cc1ccc(C)c(SCc2ccnc(C(=N)N)c2)c1. The van der Waals surface area contributed by atoms with Crippen LogP contribution in [0.1, 0.15) is 22.4 Å². The van der Waals surface area contributed by atoms with Gasteiger partial charge in [-0.15, -0.1) is 11.8 Å². The van der Waals surface area contributed by atoms with Crippen LogP contribution in [0.5, 0.6) is 0 Å². The molecule has 1 aromatic heterocycles. The summed E-state index contributed by atoms with van der Waals surface area (Å²) in [5.74, 6) is 0.867. The van der Waals surface area contributed by atoms with Crippen LogP contribution in [0.2, 0.25) is 0 Å². The second-order valence-corrected chi connectivity index (χ2v) is 5.54. The van der Waals surface area contributed by atoms with E-state index in [4.69, 9.17) is 11.1 Å². The molecule has 0 aliphatic carbocycles. The molecule has 0 bridgehead atoms. The van der Waals surface area contributed by atoms with E-state index in [1.54, 1.807) is 18.0 Å².